The summed E-state index contributed by atoms with van der Waals surface area (Å²) in [6.45, 7) is 3.60. The van der Waals surface area contributed by atoms with Gasteiger partial charge >= 0.3 is 5.97 Å². The molecule has 0 radical (unpaired) electrons. The zero-order chi connectivity index (χ0) is 27.1. The van der Waals surface area contributed by atoms with Crippen LogP contribution in [-0.4, -0.2) is 60.7 Å². The number of nitrogens with zero attached hydrogens (tertiary/aromatic N) is 3. The third-order valence-electron chi connectivity index (χ3n) is 6.45. The Morgan fingerprint density at radius 2 is 1.82 bits per heavy atom. The Bertz CT molecular complexity index is 1240. The number of amides is 1. The highest BCUT2D eigenvalue weighted by molar-refractivity contribution is 7.80. The normalized spacial score (nSPS) is 14.4. The van der Waals surface area contributed by atoms with Gasteiger partial charge in [0.2, 0.25) is 0 Å². The van der Waals surface area contributed by atoms with Crippen LogP contribution in [0.15, 0.2) is 60.0 Å². The third kappa shape index (κ3) is 6.87. The van der Waals surface area contributed by atoms with Gasteiger partial charge in [0.25, 0.3) is 5.91 Å². The van der Waals surface area contributed by atoms with Gasteiger partial charge < -0.3 is 25.2 Å². The van der Waals surface area contributed by atoms with E-state index in [1.165, 1.54) is 11.3 Å². The standard InChI is InChI=1S/C28H33N5O3S2/c1-4-36-27(35)24(19-8-6-5-7-9-19)31-25(34)23-18-38-26(30-23)20-14-16-33(17-15-20)28(37)29-21-10-12-22(13-11-21)32(2)3/h5-13,18,20,24H,4,14-17H2,1-3H3,(H,29,37)(H,31,34). The maximum Gasteiger partial charge on any atom is 0.333 e. The molecular weight excluding hydrogens is 518 g/mol. The highest BCUT2D eigenvalue weighted by Gasteiger charge is 2.28. The first-order valence-electron chi connectivity index (χ1n) is 12.7. The van der Waals surface area contributed by atoms with Gasteiger partial charge in [0.05, 0.1) is 11.6 Å². The third-order valence-corrected chi connectivity index (χ3v) is 7.82. The van der Waals surface area contributed by atoms with Gasteiger partial charge in [-0.1, -0.05) is 30.3 Å². The number of anilines is 2. The van der Waals surface area contributed by atoms with Crippen LogP contribution in [-0.2, 0) is 9.53 Å². The fraction of sp³-hybridized carbons (Fsp3) is 0.357. The largest absolute Gasteiger partial charge is 0.464 e. The first kappa shape index (κ1) is 27.5. The van der Waals surface area contributed by atoms with E-state index in [9.17, 15) is 9.59 Å². The molecule has 0 saturated carbocycles. The van der Waals surface area contributed by atoms with Crippen molar-refractivity contribution in [3.8, 4) is 0 Å². The molecule has 1 fully saturated rings. The van der Waals surface area contributed by atoms with Crippen molar-refractivity contribution in [3.63, 3.8) is 0 Å². The minimum absolute atomic E-state index is 0.235. The van der Waals surface area contributed by atoms with Crippen molar-refractivity contribution in [2.75, 3.05) is 44.0 Å². The second-order valence-electron chi connectivity index (χ2n) is 9.27. The van der Waals surface area contributed by atoms with E-state index in [1.54, 1.807) is 24.4 Å². The SMILES string of the molecule is CCOC(=O)C(NC(=O)c1csc(C2CCN(C(=S)Nc3ccc(N(C)C)cc3)CC2)n1)c1ccccc1. The lowest BCUT2D eigenvalue weighted by atomic mass is 9.98. The van der Waals surface area contributed by atoms with Crippen molar-refractivity contribution in [1.82, 2.24) is 15.2 Å². The van der Waals surface area contributed by atoms with Crippen LogP contribution < -0.4 is 15.5 Å². The molecule has 200 valence electrons. The molecule has 1 amide bonds. The lowest BCUT2D eigenvalue weighted by Crippen LogP contribution is -2.40. The summed E-state index contributed by atoms with van der Waals surface area (Å²) in [7, 11) is 4.03. The van der Waals surface area contributed by atoms with Crippen LogP contribution in [0.1, 0.15) is 52.8 Å². The molecule has 10 heteroatoms. The summed E-state index contributed by atoms with van der Waals surface area (Å²) >= 11 is 7.14. The minimum atomic E-state index is -0.885. The van der Waals surface area contributed by atoms with Gasteiger partial charge in [0, 0.05) is 49.9 Å². The summed E-state index contributed by atoms with van der Waals surface area (Å²) in [5.41, 5.74) is 3.08. The Hall–Kier alpha value is -3.50. The van der Waals surface area contributed by atoms with E-state index < -0.39 is 17.9 Å². The van der Waals surface area contributed by atoms with Gasteiger partial charge in [-0.25, -0.2) is 9.78 Å². The van der Waals surface area contributed by atoms with Gasteiger partial charge in [-0.15, -0.1) is 11.3 Å². The smallest absolute Gasteiger partial charge is 0.333 e. The van der Waals surface area contributed by atoms with E-state index in [4.69, 9.17) is 17.0 Å². The van der Waals surface area contributed by atoms with Crippen LogP contribution >= 0.6 is 23.6 Å². The highest BCUT2D eigenvalue weighted by Crippen LogP contribution is 2.31. The number of piperidine rings is 1. The van der Waals surface area contributed by atoms with E-state index in [-0.39, 0.29) is 12.5 Å². The van der Waals surface area contributed by atoms with Crippen molar-refractivity contribution in [3.05, 3.63) is 76.2 Å². The fourth-order valence-electron chi connectivity index (χ4n) is 4.31. The molecule has 38 heavy (non-hydrogen) atoms. The molecule has 0 bridgehead atoms. The molecule has 3 aromatic rings. The number of nitrogens with one attached hydrogen (secondary N) is 2. The number of carbonyl (C=O) groups is 2. The minimum Gasteiger partial charge on any atom is -0.464 e. The molecule has 0 spiro atoms. The van der Waals surface area contributed by atoms with E-state index in [0.29, 0.717) is 16.4 Å². The number of esters is 1. The molecule has 1 aliphatic rings. The first-order valence-corrected chi connectivity index (χ1v) is 14.0. The number of rotatable bonds is 8. The second-order valence-corrected chi connectivity index (χ2v) is 10.5. The Balaban J connectivity index is 1.32. The number of carbonyl (C=O) groups excluding carboxylic acids is 2. The maximum absolute atomic E-state index is 13.0. The summed E-state index contributed by atoms with van der Waals surface area (Å²) in [5.74, 6) is -0.624. The quantitative estimate of drug-likeness (QED) is 0.305. The molecule has 1 atom stereocenters. The first-order chi connectivity index (χ1) is 18.4. The average Bonchev–Trinajstić information content (AvgIpc) is 3.43. The predicted molar refractivity (Wildman–Crippen MR) is 156 cm³/mol. The van der Waals surface area contributed by atoms with E-state index in [2.05, 4.69) is 37.6 Å². The predicted octanol–water partition coefficient (Wildman–Crippen LogP) is 4.82. The molecule has 0 aliphatic carbocycles. The van der Waals surface area contributed by atoms with Crippen molar-refractivity contribution in [1.29, 1.82) is 0 Å². The number of thiazole rings is 1. The molecule has 8 nitrogen and oxygen atoms in total. The zero-order valence-electron chi connectivity index (χ0n) is 21.8. The Labute approximate surface area is 233 Å². The van der Waals surface area contributed by atoms with Gasteiger partial charge in [0.1, 0.15) is 5.69 Å². The Morgan fingerprint density at radius 3 is 2.45 bits per heavy atom. The molecule has 1 saturated heterocycles. The topological polar surface area (TPSA) is 86.8 Å². The molecule has 2 heterocycles. The number of hydrogen-bond acceptors (Lipinski definition) is 7. The van der Waals surface area contributed by atoms with Crippen molar-refractivity contribution < 1.29 is 14.3 Å². The molecular formula is C28H33N5O3S2. The van der Waals surface area contributed by atoms with E-state index in [0.717, 1.165) is 42.3 Å². The molecule has 1 aromatic heterocycles. The number of aromatic nitrogens is 1. The monoisotopic (exact) mass is 551 g/mol. The van der Waals surface area contributed by atoms with Gasteiger partial charge in [-0.05, 0) is 61.8 Å². The highest BCUT2D eigenvalue weighted by atomic mass is 32.1. The van der Waals surface area contributed by atoms with E-state index in [1.807, 2.05) is 44.4 Å². The number of thiocarbonyl (C=S) groups is 1. The summed E-state index contributed by atoms with van der Waals surface area (Å²) in [4.78, 5) is 34.4. The van der Waals surface area contributed by atoms with Crippen molar-refractivity contribution in [2.24, 2.45) is 0 Å². The van der Waals surface area contributed by atoms with Crippen LogP contribution in [0.25, 0.3) is 0 Å². The molecule has 4 rings (SSSR count). The maximum atomic E-state index is 13.0. The summed E-state index contributed by atoms with van der Waals surface area (Å²) < 4.78 is 5.18. The molecule has 2 aromatic carbocycles. The van der Waals surface area contributed by atoms with Crippen LogP contribution in [0, 0.1) is 0 Å². The number of ether oxygens (including phenoxy) is 1. The van der Waals surface area contributed by atoms with Gasteiger partial charge in [-0.3, -0.25) is 4.79 Å². The molecule has 2 N–H and O–H groups in total. The summed E-state index contributed by atoms with van der Waals surface area (Å²) in [6, 6.07) is 16.4. The van der Waals surface area contributed by atoms with Crippen LogP contribution in [0.4, 0.5) is 11.4 Å². The van der Waals surface area contributed by atoms with Gasteiger partial charge in [0.15, 0.2) is 11.2 Å². The summed E-state index contributed by atoms with van der Waals surface area (Å²) in [5, 5.41) is 9.54. The van der Waals surface area contributed by atoms with Crippen molar-refractivity contribution in [2.45, 2.75) is 31.7 Å². The number of hydrogen-bond donors (Lipinski definition) is 2. The molecule has 1 unspecified atom stereocenters. The Morgan fingerprint density at radius 1 is 1.13 bits per heavy atom. The lowest BCUT2D eigenvalue weighted by molar-refractivity contribution is -0.145. The second kappa shape index (κ2) is 12.8. The van der Waals surface area contributed by atoms with Crippen LogP contribution in [0.2, 0.25) is 0 Å². The van der Waals surface area contributed by atoms with Crippen LogP contribution in [0.3, 0.4) is 0 Å². The van der Waals surface area contributed by atoms with Crippen molar-refractivity contribution >= 4 is 51.9 Å². The lowest BCUT2D eigenvalue weighted by Gasteiger charge is -2.33. The van der Waals surface area contributed by atoms with E-state index >= 15 is 0 Å². The van der Waals surface area contributed by atoms with Gasteiger partial charge in [-0.2, -0.15) is 0 Å². The zero-order valence-corrected chi connectivity index (χ0v) is 23.5. The Kier molecular flexibility index (Phi) is 9.30. The number of benzene rings is 2. The number of likely N-dealkylation sites (tertiary alicyclic amines) is 1. The fourth-order valence-corrected chi connectivity index (χ4v) is 5.58. The average molecular weight is 552 g/mol. The van der Waals surface area contributed by atoms with Crippen LogP contribution in [0.5, 0.6) is 0 Å². The molecule has 1 aliphatic heterocycles. The summed E-state index contributed by atoms with van der Waals surface area (Å²) in [6.07, 6.45) is 1.79.